The Balaban J connectivity index is 2.47. The fourth-order valence-electron chi connectivity index (χ4n) is 2.91. The minimum absolute atomic E-state index is 0.275. The van der Waals surface area contributed by atoms with Crippen LogP contribution in [0.2, 0.25) is 0 Å². The summed E-state index contributed by atoms with van der Waals surface area (Å²) in [5, 5.41) is 0. The highest BCUT2D eigenvalue weighted by atomic mass is 32.2. The number of quaternary nitrogens is 1. The molecule has 1 N–H and O–H groups in total. The van der Waals surface area contributed by atoms with Crippen LogP contribution in [-0.4, -0.2) is 53.1 Å². The van der Waals surface area contributed by atoms with Crippen molar-refractivity contribution in [2.45, 2.75) is 31.6 Å². The molecule has 124 valence electrons. The maximum atomic E-state index is 13.0. The highest BCUT2D eigenvalue weighted by Gasteiger charge is 2.32. The van der Waals surface area contributed by atoms with Crippen molar-refractivity contribution >= 4 is 10.0 Å². The highest BCUT2D eigenvalue weighted by Crippen LogP contribution is 2.32. The number of rotatable bonds is 4. The Bertz CT molecular complexity index is 633. The van der Waals surface area contributed by atoms with Gasteiger partial charge in [0.1, 0.15) is 10.6 Å². The number of hydrogen-bond donors (Lipinski definition) is 1. The summed E-state index contributed by atoms with van der Waals surface area (Å²) in [6, 6.07) is 3.63. The van der Waals surface area contributed by atoms with Gasteiger partial charge in [-0.2, -0.15) is 4.31 Å². The number of hydrogen-bond acceptors (Lipinski definition) is 3. The van der Waals surface area contributed by atoms with E-state index < -0.39 is 10.0 Å². The Hall–Kier alpha value is -1.11. The Labute approximate surface area is 133 Å². The summed E-state index contributed by atoms with van der Waals surface area (Å²) >= 11 is 0. The first kappa shape index (κ1) is 17.2. The van der Waals surface area contributed by atoms with Gasteiger partial charge in [-0.25, -0.2) is 8.42 Å². The van der Waals surface area contributed by atoms with E-state index in [9.17, 15) is 8.42 Å². The van der Waals surface area contributed by atoms with Crippen LogP contribution >= 0.6 is 0 Å². The van der Waals surface area contributed by atoms with E-state index in [0.29, 0.717) is 23.7 Å². The quantitative estimate of drug-likeness (QED) is 0.883. The SMILES string of the molecule is COc1cc(C)c(C(C)C)cc1S(=O)(=O)N1CC[NH+](C)CC1. The molecule has 22 heavy (non-hydrogen) atoms. The van der Waals surface area contributed by atoms with Gasteiger partial charge in [0.25, 0.3) is 0 Å². The predicted octanol–water partition coefficient (Wildman–Crippen LogP) is 0.646. The Kier molecular flexibility index (Phi) is 5.14. The average Bonchev–Trinajstić information content (AvgIpc) is 2.46. The van der Waals surface area contributed by atoms with Crippen LogP contribution in [-0.2, 0) is 10.0 Å². The lowest BCUT2D eigenvalue weighted by Crippen LogP contribution is -3.12. The molecule has 0 bridgehead atoms. The van der Waals surface area contributed by atoms with Crippen molar-refractivity contribution in [3.63, 3.8) is 0 Å². The minimum atomic E-state index is -3.51. The van der Waals surface area contributed by atoms with Crippen molar-refractivity contribution in [3.05, 3.63) is 23.3 Å². The van der Waals surface area contributed by atoms with Crippen LogP contribution < -0.4 is 9.64 Å². The third-order valence-electron chi connectivity index (χ3n) is 4.37. The van der Waals surface area contributed by atoms with Crippen molar-refractivity contribution in [1.82, 2.24) is 4.31 Å². The van der Waals surface area contributed by atoms with Crippen LogP contribution in [0.4, 0.5) is 0 Å². The van der Waals surface area contributed by atoms with Gasteiger partial charge in [-0.05, 0) is 36.1 Å². The molecule has 0 spiro atoms. The molecule has 0 amide bonds. The molecule has 1 heterocycles. The van der Waals surface area contributed by atoms with Gasteiger partial charge in [0.15, 0.2) is 0 Å². The molecule has 0 atom stereocenters. The summed E-state index contributed by atoms with van der Waals surface area (Å²) < 4.78 is 32.9. The van der Waals surface area contributed by atoms with Crippen LogP contribution in [0.15, 0.2) is 17.0 Å². The van der Waals surface area contributed by atoms with Gasteiger partial charge in [-0.1, -0.05) is 13.8 Å². The van der Waals surface area contributed by atoms with E-state index in [2.05, 4.69) is 20.9 Å². The summed E-state index contributed by atoms with van der Waals surface area (Å²) in [5.74, 6) is 0.713. The first-order valence-electron chi connectivity index (χ1n) is 7.77. The van der Waals surface area contributed by atoms with E-state index >= 15 is 0 Å². The van der Waals surface area contributed by atoms with Crippen LogP contribution in [0.5, 0.6) is 5.75 Å². The summed E-state index contributed by atoms with van der Waals surface area (Å²) in [7, 11) is 0.109. The molecule has 5 nitrogen and oxygen atoms in total. The van der Waals surface area contributed by atoms with E-state index in [4.69, 9.17) is 4.74 Å². The Morgan fingerprint density at radius 1 is 1.23 bits per heavy atom. The van der Waals surface area contributed by atoms with Crippen molar-refractivity contribution in [2.24, 2.45) is 0 Å². The molecule has 1 aliphatic rings. The second-order valence-corrected chi connectivity index (χ2v) is 8.28. The normalized spacial score (nSPS) is 17.9. The predicted molar refractivity (Wildman–Crippen MR) is 87.2 cm³/mol. The molecule has 1 aliphatic heterocycles. The summed E-state index contributed by atoms with van der Waals surface area (Å²) in [4.78, 5) is 1.66. The van der Waals surface area contributed by atoms with Crippen molar-refractivity contribution in [2.75, 3.05) is 40.3 Å². The Morgan fingerprint density at radius 2 is 1.82 bits per heavy atom. The van der Waals surface area contributed by atoms with E-state index in [0.717, 1.165) is 24.2 Å². The summed E-state index contributed by atoms with van der Waals surface area (Å²) in [6.45, 7) is 8.93. The third-order valence-corrected chi connectivity index (χ3v) is 6.29. The zero-order valence-electron chi connectivity index (χ0n) is 14.1. The molecular weight excluding hydrogens is 300 g/mol. The molecule has 0 unspecified atom stereocenters. The van der Waals surface area contributed by atoms with Gasteiger partial charge in [0.2, 0.25) is 10.0 Å². The monoisotopic (exact) mass is 327 g/mol. The number of piperazine rings is 1. The molecule has 0 aromatic heterocycles. The average molecular weight is 327 g/mol. The van der Waals surface area contributed by atoms with Gasteiger partial charge in [0.05, 0.1) is 40.3 Å². The molecule has 0 aliphatic carbocycles. The molecule has 2 rings (SSSR count). The third kappa shape index (κ3) is 3.29. The second kappa shape index (κ2) is 6.56. The first-order valence-corrected chi connectivity index (χ1v) is 9.21. The van der Waals surface area contributed by atoms with Gasteiger partial charge < -0.3 is 9.64 Å². The topological polar surface area (TPSA) is 51.1 Å². The van der Waals surface area contributed by atoms with Gasteiger partial charge >= 0.3 is 0 Å². The first-order chi connectivity index (χ1) is 10.3. The molecular formula is C16H27N2O3S+. The van der Waals surface area contributed by atoms with Crippen molar-refractivity contribution < 1.29 is 18.1 Å². The lowest BCUT2D eigenvalue weighted by molar-refractivity contribution is -0.883. The number of nitrogens with zero attached hydrogens (tertiary/aromatic N) is 1. The van der Waals surface area contributed by atoms with Crippen LogP contribution in [0.1, 0.15) is 30.9 Å². The number of methoxy groups -OCH3 is 1. The standard InChI is InChI=1S/C16H26N2O3S/c1-12(2)14-11-16(15(21-5)10-13(14)3)22(19,20)18-8-6-17(4)7-9-18/h10-12H,6-9H2,1-5H3/p+1. The molecule has 0 radical (unpaired) electrons. The second-order valence-electron chi connectivity index (χ2n) is 6.38. The Morgan fingerprint density at radius 3 is 2.32 bits per heavy atom. The van der Waals surface area contributed by atoms with Crippen LogP contribution in [0.3, 0.4) is 0 Å². The summed E-state index contributed by atoms with van der Waals surface area (Å²) in [5.41, 5.74) is 2.12. The number of ether oxygens (including phenoxy) is 1. The molecule has 6 heteroatoms. The zero-order chi connectivity index (χ0) is 16.5. The van der Waals surface area contributed by atoms with Crippen molar-refractivity contribution in [3.8, 4) is 5.75 Å². The van der Waals surface area contributed by atoms with E-state index in [1.165, 1.54) is 12.0 Å². The van der Waals surface area contributed by atoms with E-state index in [1.807, 2.05) is 13.0 Å². The van der Waals surface area contributed by atoms with Crippen LogP contribution in [0.25, 0.3) is 0 Å². The van der Waals surface area contributed by atoms with Gasteiger partial charge in [-0.3, -0.25) is 0 Å². The maximum absolute atomic E-state index is 13.0. The maximum Gasteiger partial charge on any atom is 0.247 e. The van der Waals surface area contributed by atoms with Crippen molar-refractivity contribution in [1.29, 1.82) is 0 Å². The zero-order valence-corrected chi connectivity index (χ0v) is 15.0. The molecule has 1 fully saturated rings. The lowest BCUT2D eigenvalue weighted by atomic mass is 9.98. The van der Waals surface area contributed by atoms with Gasteiger partial charge in [0, 0.05) is 0 Å². The fourth-order valence-corrected chi connectivity index (χ4v) is 4.52. The fraction of sp³-hybridized carbons (Fsp3) is 0.625. The summed E-state index contributed by atoms with van der Waals surface area (Å²) in [6.07, 6.45) is 0. The van der Waals surface area contributed by atoms with Crippen LogP contribution in [0, 0.1) is 6.92 Å². The minimum Gasteiger partial charge on any atom is -0.495 e. The number of likely N-dealkylation sites (N-methyl/N-ethyl adjacent to an activating group) is 1. The molecule has 1 saturated heterocycles. The molecule has 1 aromatic rings. The largest absolute Gasteiger partial charge is 0.495 e. The number of nitrogens with one attached hydrogen (secondary N) is 1. The van der Waals surface area contributed by atoms with E-state index in [-0.39, 0.29) is 5.92 Å². The molecule has 0 saturated carbocycles. The smallest absolute Gasteiger partial charge is 0.247 e. The number of benzene rings is 1. The molecule has 1 aromatic carbocycles. The number of sulfonamides is 1. The van der Waals surface area contributed by atoms with Gasteiger partial charge in [-0.15, -0.1) is 0 Å². The lowest BCUT2D eigenvalue weighted by Gasteiger charge is -2.30. The highest BCUT2D eigenvalue weighted by molar-refractivity contribution is 7.89. The number of aryl methyl sites for hydroxylation is 1. The van der Waals surface area contributed by atoms with E-state index in [1.54, 1.807) is 10.4 Å².